The molecule has 0 aliphatic carbocycles. The first-order valence-electron chi connectivity index (χ1n) is 8.89. The van der Waals surface area contributed by atoms with Crippen LogP contribution in [0.3, 0.4) is 0 Å². The molecule has 2 nitrogen and oxygen atoms in total. The molecular weight excluding hydrogens is 294 g/mol. The number of ether oxygens (including phenoxy) is 1. The monoisotopic (exact) mass is 323 g/mol. The largest absolute Gasteiger partial charge is 0.489 e. The van der Waals surface area contributed by atoms with Crippen molar-refractivity contribution in [2.75, 3.05) is 6.54 Å². The van der Waals surface area contributed by atoms with Gasteiger partial charge in [0.1, 0.15) is 12.4 Å². The van der Waals surface area contributed by atoms with Crippen molar-refractivity contribution in [3.8, 4) is 5.75 Å². The van der Waals surface area contributed by atoms with Crippen molar-refractivity contribution >= 4 is 0 Å². The van der Waals surface area contributed by atoms with Gasteiger partial charge in [0.05, 0.1) is 0 Å². The molecule has 0 aliphatic rings. The van der Waals surface area contributed by atoms with E-state index in [1.807, 2.05) is 24.3 Å². The Morgan fingerprint density at radius 1 is 1.08 bits per heavy atom. The van der Waals surface area contributed by atoms with Gasteiger partial charge in [-0.25, -0.2) is 0 Å². The fraction of sp³-hybridized carbons (Fsp3) is 0.364. The van der Waals surface area contributed by atoms with Crippen LogP contribution in [0.25, 0.3) is 0 Å². The smallest absolute Gasteiger partial charge is 0.120 e. The van der Waals surface area contributed by atoms with Gasteiger partial charge in [0.2, 0.25) is 0 Å². The van der Waals surface area contributed by atoms with Crippen molar-refractivity contribution in [2.45, 2.75) is 45.8 Å². The average Bonchev–Trinajstić information content (AvgIpc) is 2.64. The molecule has 0 spiro atoms. The summed E-state index contributed by atoms with van der Waals surface area (Å²) >= 11 is 0. The minimum absolute atomic E-state index is 0.303. The van der Waals surface area contributed by atoms with Gasteiger partial charge in [-0.3, -0.25) is 0 Å². The van der Waals surface area contributed by atoms with Crippen LogP contribution in [0.1, 0.15) is 50.3 Å². The third-order valence-corrected chi connectivity index (χ3v) is 4.14. The molecule has 0 aliphatic heterocycles. The Hall–Kier alpha value is -2.06. The summed E-state index contributed by atoms with van der Waals surface area (Å²) in [6, 6.07) is 19.0. The summed E-state index contributed by atoms with van der Waals surface area (Å²) in [5.41, 5.74) is 3.73. The lowest BCUT2D eigenvalue weighted by atomic mass is 9.98. The molecule has 1 unspecified atom stereocenters. The third kappa shape index (κ3) is 5.86. The standard InChI is InChI=1S/C22H29NO/c1-4-14-23-22(15-18(3)5-2)20-12-9-13-21(16-20)24-17-19-10-7-6-8-11-19/h6-13,16,22-23H,3-5,14-15,17H2,1-2H3. The summed E-state index contributed by atoms with van der Waals surface area (Å²) < 4.78 is 5.97. The molecule has 0 saturated carbocycles. The van der Waals surface area contributed by atoms with Crippen molar-refractivity contribution in [3.63, 3.8) is 0 Å². The Kier molecular flexibility index (Phi) is 7.57. The summed E-state index contributed by atoms with van der Waals surface area (Å²) in [7, 11) is 0. The van der Waals surface area contributed by atoms with Crippen molar-refractivity contribution in [1.82, 2.24) is 5.32 Å². The Labute approximate surface area is 146 Å². The summed E-state index contributed by atoms with van der Waals surface area (Å²) in [6.45, 7) is 10.1. The Bertz CT molecular complexity index is 621. The average molecular weight is 323 g/mol. The SMILES string of the molecule is C=C(CC)CC(NCCC)c1cccc(OCc2ccccc2)c1. The minimum atomic E-state index is 0.303. The first-order chi connectivity index (χ1) is 11.7. The maximum Gasteiger partial charge on any atom is 0.120 e. The van der Waals surface area contributed by atoms with E-state index in [0.29, 0.717) is 12.6 Å². The van der Waals surface area contributed by atoms with E-state index in [0.717, 1.165) is 31.6 Å². The summed E-state index contributed by atoms with van der Waals surface area (Å²) in [6.07, 6.45) is 3.12. The highest BCUT2D eigenvalue weighted by atomic mass is 16.5. The lowest BCUT2D eigenvalue weighted by Crippen LogP contribution is -2.22. The lowest BCUT2D eigenvalue weighted by Gasteiger charge is -2.20. The first-order valence-corrected chi connectivity index (χ1v) is 8.89. The number of hydrogen-bond donors (Lipinski definition) is 1. The number of rotatable bonds is 10. The summed E-state index contributed by atoms with van der Waals surface area (Å²) in [5.74, 6) is 0.918. The zero-order valence-corrected chi connectivity index (χ0v) is 14.9. The fourth-order valence-electron chi connectivity index (χ4n) is 2.62. The van der Waals surface area contributed by atoms with Crippen LogP contribution in [0.4, 0.5) is 0 Å². The Balaban J connectivity index is 2.06. The topological polar surface area (TPSA) is 21.3 Å². The fourth-order valence-corrected chi connectivity index (χ4v) is 2.62. The van der Waals surface area contributed by atoms with Gasteiger partial charge >= 0.3 is 0 Å². The van der Waals surface area contributed by atoms with Crippen LogP contribution in [0.5, 0.6) is 5.75 Å². The van der Waals surface area contributed by atoms with Gasteiger partial charge < -0.3 is 10.1 Å². The van der Waals surface area contributed by atoms with Gasteiger partial charge in [0.15, 0.2) is 0 Å². The highest BCUT2D eigenvalue weighted by Gasteiger charge is 2.12. The van der Waals surface area contributed by atoms with Crippen molar-refractivity contribution in [1.29, 1.82) is 0 Å². The van der Waals surface area contributed by atoms with E-state index in [9.17, 15) is 0 Å². The van der Waals surface area contributed by atoms with E-state index < -0.39 is 0 Å². The summed E-state index contributed by atoms with van der Waals surface area (Å²) in [5, 5.41) is 3.64. The zero-order valence-electron chi connectivity index (χ0n) is 14.9. The number of hydrogen-bond acceptors (Lipinski definition) is 2. The van der Waals surface area contributed by atoms with Gasteiger partial charge in [-0.2, -0.15) is 0 Å². The molecule has 0 saturated heterocycles. The Morgan fingerprint density at radius 3 is 2.58 bits per heavy atom. The number of benzene rings is 2. The molecule has 1 atom stereocenters. The van der Waals surface area contributed by atoms with E-state index in [1.165, 1.54) is 16.7 Å². The molecule has 1 N–H and O–H groups in total. The first kappa shape index (κ1) is 18.3. The molecule has 2 aromatic carbocycles. The minimum Gasteiger partial charge on any atom is -0.489 e. The van der Waals surface area contributed by atoms with Gasteiger partial charge in [-0.1, -0.05) is 68.5 Å². The van der Waals surface area contributed by atoms with Crippen LogP contribution in [0, 0.1) is 0 Å². The van der Waals surface area contributed by atoms with Gasteiger partial charge in [0, 0.05) is 6.04 Å². The zero-order chi connectivity index (χ0) is 17.2. The highest BCUT2D eigenvalue weighted by Crippen LogP contribution is 2.25. The van der Waals surface area contributed by atoms with Crippen LogP contribution in [-0.2, 0) is 6.61 Å². The van der Waals surface area contributed by atoms with Crippen LogP contribution in [0.2, 0.25) is 0 Å². The predicted octanol–water partition coefficient (Wildman–Crippen LogP) is 5.66. The van der Waals surface area contributed by atoms with Gasteiger partial charge in [-0.15, -0.1) is 0 Å². The predicted molar refractivity (Wildman–Crippen MR) is 102 cm³/mol. The maximum atomic E-state index is 5.97. The Morgan fingerprint density at radius 2 is 1.88 bits per heavy atom. The molecule has 2 rings (SSSR count). The quantitative estimate of drug-likeness (QED) is 0.569. The van der Waals surface area contributed by atoms with Crippen LogP contribution < -0.4 is 10.1 Å². The molecule has 0 fully saturated rings. The molecule has 2 aromatic rings. The van der Waals surface area contributed by atoms with Crippen molar-refractivity contribution in [2.24, 2.45) is 0 Å². The van der Waals surface area contributed by atoms with Crippen LogP contribution >= 0.6 is 0 Å². The number of nitrogens with one attached hydrogen (secondary N) is 1. The molecule has 0 amide bonds. The molecule has 0 heterocycles. The summed E-state index contributed by atoms with van der Waals surface area (Å²) in [4.78, 5) is 0. The molecular formula is C22H29NO. The van der Waals surface area contributed by atoms with E-state index in [2.05, 4.69) is 56.1 Å². The van der Waals surface area contributed by atoms with E-state index in [-0.39, 0.29) is 0 Å². The second kappa shape index (κ2) is 9.94. The van der Waals surface area contributed by atoms with Gasteiger partial charge in [0.25, 0.3) is 0 Å². The van der Waals surface area contributed by atoms with Crippen LogP contribution in [-0.4, -0.2) is 6.54 Å². The van der Waals surface area contributed by atoms with E-state index in [1.54, 1.807) is 0 Å². The van der Waals surface area contributed by atoms with Crippen molar-refractivity contribution in [3.05, 3.63) is 77.9 Å². The van der Waals surface area contributed by atoms with Crippen LogP contribution in [0.15, 0.2) is 66.7 Å². The van der Waals surface area contributed by atoms with Crippen molar-refractivity contribution < 1.29 is 4.74 Å². The lowest BCUT2D eigenvalue weighted by molar-refractivity contribution is 0.305. The second-order valence-corrected chi connectivity index (χ2v) is 6.16. The maximum absolute atomic E-state index is 5.97. The second-order valence-electron chi connectivity index (χ2n) is 6.16. The molecule has 2 heteroatoms. The van der Waals surface area contributed by atoms with E-state index >= 15 is 0 Å². The molecule has 0 aromatic heterocycles. The molecule has 24 heavy (non-hydrogen) atoms. The van der Waals surface area contributed by atoms with E-state index in [4.69, 9.17) is 4.74 Å². The molecule has 0 radical (unpaired) electrons. The highest BCUT2D eigenvalue weighted by molar-refractivity contribution is 5.31. The normalized spacial score (nSPS) is 11.9. The molecule has 0 bridgehead atoms. The molecule has 128 valence electrons. The van der Waals surface area contributed by atoms with Gasteiger partial charge in [-0.05, 0) is 49.1 Å². The third-order valence-electron chi connectivity index (χ3n) is 4.14.